The Bertz CT molecular complexity index is 338. The summed E-state index contributed by atoms with van der Waals surface area (Å²) in [5, 5.41) is 3.23. The van der Waals surface area contributed by atoms with E-state index < -0.39 is 0 Å². The Morgan fingerprint density at radius 1 is 1.53 bits per heavy atom. The second-order valence-electron chi connectivity index (χ2n) is 5.00. The fourth-order valence-corrected chi connectivity index (χ4v) is 1.91. The van der Waals surface area contributed by atoms with Crippen LogP contribution < -0.4 is 5.32 Å². The van der Waals surface area contributed by atoms with Gasteiger partial charge in [0.05, 0.1) is 12.2 Å². The summed E-state index contributed by atoms with van der Waals surface area (Å²) >= 11 is 0. The third-order valence-corrected chi connectivity index (χ3v) is 3.10. The lowest BCUT2D eigenvalue weighted by Gasteiger charge is -2.39. The molecule has 0 radical (unpaired) electrons. The SMILES string of the molecule is CN(CCOC1(C)CNC1)Cc1cccnc1. The first-order valence-corrected chi connectivity index (χ1v) is 6.10. The van der Waals surface area contributed by atoms with Crippen molar-refractivity contribution in [3.05, 3.63) is 30.1 Å². The Balaban J connectivity index is 1.65. The molecule has 1 aliphatic rings. The van der Waals surface area contributed by atoms with Crippen molar-refractivity contribution < 1.29 is 4.74 Å². The smallest absolute Gasteiger partial charge is 0.0902 e. The molecule has 0 unspecified atom stereocenters. The van der Waals surface area contributed by atoms with Gasteiger partial charge in [0.1, 0.15) is 0 Å². The summed E-state index contributed by atoms with van der Waals surface area (Å²) in [5.74, 6) is 0. The number of aromatic nitrogens is 1. The minimum Gasteiger partial charge on any atom is -0.371 e. The van der Waals surface area contributed by atoms with Gasteiger partial charge in [-0.3, -0.25) is 9.88 Å². The van der Waals surface area contributed by atoms with E-state index in [-0.39, 0.29) is 5.60 Å². The van der Waals surface area contributed by atoms with Crippen LogP contribution in [0.15, 0.2) is 24.5 Å². The first-order chi connectivity index (χ1) is 8.18. The van der Waals surface area contributed by atoms with Crippen LogP contribution in [0.25, 0.3) is 0 Å². The minimum atomic E-state index is 0.0646. The van der Waals surface area contributed by atoms with E-state index >= 15 is 0 Å². The van der Waals surface area contributed by atoms with Crippen LogP contribution in [0.5, 0.6) is 0 Å². The first kappa shape index (κ1) is 12.5. The first-order valence-electron chi connectivity index (χ1n) is 6.10. The molecule has 1 aromatic heterocycles. The molecule has 0 aliphatic carbocycles. The summed E-state index contributed by atoms with van der Waals surface area (Å²) in [5.41, 5.74) is 1.31. The van der Waals surface area contributed by atoms with Gasteiger partial charge in [-0.1, -0.05) is 6.07 Å². The normalized spacial score (nSPS) is 18.1. The summed E-state index contributed by atoms with van der Waals surface area (Å²) in [6, 6.07) is 4.07. The van der Waals surface area contributed by atoms with Gasteiger partial charge in [0.15, 0.2) is 0 Å². The van der Waals surface area contributed by atoms with Crippen molar-refractivity contribution in [1.29, 1.82) is 0 Å². The van der Waals surface area contributed by atoms with Crippen molar-refractivity contribution in [3.63, 3.8) is 0 Å². The molecule has 0 spiro atoms. The fourth-order valence-electron chi connectivity index (χ4n) is 1.91. The van der Waals surface area contributed by atoms with E-state index in [1.54, 1.807) is 6.20 Å². The lowest BCUT2D eigenvalue weighted by molar-refractivity contribution is -0.0712. The van der Waals surface area contributed by atoms with Crippen molar-refractivity contribution >= 4 is 0 Å². The van der Waals surface area contributed by atoms with Gasteiger partial charge < -0.3 is 10.1 Å². The Labute approximate surface area is 103 Å². The number of likely N-dealkylation sites (N-methyl/N-ethyl adjacent to an activating group) is 1. The molecule has 0 aromatic carbocycles. The average molecular weight is 235 g/mol. The molecule has 4 heteroatoms. The highest BCUT2D eigenvalue weighted by atomic mass is 16.5. The summed E-state index contributed by atoms with van der Waals surface area (Å²) in [6.07, 6.45) is 3.71. The molecule has 1 aromatic rings. The van der Waals surface area contributed by atoms with Gasteiger partial charge in [0, 0.05) is 38.6 Å². The Morgan fingerprint density at radius 3 is 2.94 bits per heavy atom. The maximum Gasteiger partial charge on any atom is 0.0902 e. The van der Waals surface area contributed by atoms with Gasteiger partial charge in [-0.2, -0.15) is 0 Å². The van der Waals surface area contributed by atoms with E-state index in [0.717, 1.165) is 32.8 Å². The highest BCUT2D eigenvalue weighted by Crippen LogP contribution is 2.14. The molecule has 4 nitrogen and oxygen atoms in total. The van der Waals surface area contributed by atoms with E-state index in [4.69, 9.17) is 4.74 Å². The standard InChI is InChI=1S/C13H21N3O/c1-13(10-15-11-13)17-7-6-16(2)9-12-4-3-5-14-8-12/h3-5,8,15H,6-7,9-11H2,1-2H3. The van der Waals surface area contributed by atoms with Crippen molar-refractivity contribution in [1.82, 2.24) is 15.2 Å². The second kappa shape index (κ2) is 5.58. The summed E-state index contributed by atoms with van der Waals surface area (Å²) in [4.78, 5) is 6.37. The molecule has 1 saturated heterocycles. The van der Waals surface area contributed by atoms with E-state index in [1.165, 1.54) is 5.56 Å². The van der Waals surface area contributed by atoms with Gasteiger partial charge >= 0.3 is 0 Å². The van der Waals surface area contributed by atoms with E-state index in [2.05, 4.69) is 35.2 Å². The molecule has 1 fully saturated rings. The van der Waals surface area contributed by atoms with Crippen LogP contribution in [-0.4, -0.2) is 48.8 Å². The van der Waals surface area contributed by atoms with Crippen LogP contribution in [-0.2, 0) is 11.3 Å². The molecular formula is C13H21N3O. The molecule has 2 rings (SSSR count). The Morgan fingerprint density at radius 2 is 2.35 bits per heavy atom. The zero-order valence-electron chi connectivity index (χ0n) is 10.6. The molecule has 0 atom stereocenters. The van der Waals surface area contributed by atoms with E-state index in [9.17, 15) is 0 Å². The maximum atomic E-state index is 5.85. The van der Waals surface area contributed by atoms with Gasteiger partial charge in [-0.05, 0) is 25.6 Å². The number of rotatable bonds is 6. The molecule has 1 aliphatic heterocycles. The second-order valence-corrected chi connectivity index (χ2v) is 5.00. The van der Waals surface area contributed by atoms with Crippen molar-refractivity contribution in [2.75, 3.05) is 33.3 Å². The Hall–Kier alpha value is -0.970. The number of hydrogen-bond donors (Lipinski definition) is 1. The fraction of sp³-hybridized carbons (Fsp3) is 0.615. The topological polar surface area (TPSA) is 37.4 Å². The van der Waals surface area contributed by atoms with Crippen LogP contribution in [0.3, 0.4) is 0 Å². The molecule has 0 saturated carbocycles. The predicted octanol–water partition coefficient (Wildman–Crippen LogP) is 0.892. The molecule has 0 bridgehead atoms. The van der Waals surface area contributed by atoms with Gasteiger partial charge in [-0.25, -0.2) is 0 Å². The molecule has 1 N–H and O–H groups in total. The molecule has 0 amide bonds. The summed E-state index contributed by atoms with van der Waals surface area (Å²) < 4.78 is 5.85. The molecule has 2 heterocycles. The predicted molar refractivity (Wildman–Crippen MR) is 67.8 cm³/mol. The molecular weight excluding hydrogens is 214 g/mol. The minimum absolute atomic E-state index is 0.0646. The van der Waals surface area contributed by atoms with E-state index in [0.29, 0.717) is 0 Å². The van der Waals surface area contributed by atoms with Gasteiger partial charge in [0.25, 0.3) is 0 Å². The molecule has 94 valence electrons. The summed E-state index contributed by atoms with van der Waals surface area (Å²) in [6.45, 7) is 6.76. The van der Waals surface area contributed by atoms with Gasteiger partial charge in [-0.15, -0.1) is 0 Å². The zero-order valence-corrected chi connectivity index (χ0v) is 10.6. The third-order valence-electron chi connectivity index (χ3n) is 3.10. The monoisotopic (exact) mass is 235 g/mol. The van der Waals surface area contributed by atoms with Crippen LogP contribution in [0.1, 0.15) is 12.5 Å². The quantitative estimate of drug-likeness (QED) is 0.794. The summed E-state index contributed by atoms with van der Waals surface area (Å²) in [7, 11) is 2.11. The largest absolute Gasteiger partial charge is 0.371 e. The number of nitrogens with one attached hydrogen (secondary N) is 1. The van der Waals surface area contributed by atoms with Crippen LogP contribution >= 0.6 is 0 Å². The Kier molecular flexibility index (Phi) is 4.10. The highest BCUT2D eigenvalue weighted by molar-refractivity contribution is 5.07. The zero-order chi connectivity index (χ0) is 12.1. The van der Waals surface area contributed by atoms with Crippen molar-refractivity contribution in [2.45, 2.75) is 19.1 Å². The maximum absolute atomic E-state index is 5.85. The molecule has 17 heavy (non-hydrogen) atoms. The number of ether oxygens (including phenoxy) is 1. The highest BCUT2D eigenvalue weighted by Gasteiger charge is 2.32. The number of pyridine rings is 1. The number of hydrogen-bond acceptors (Lipinski definition) is 4. The number of nitrogens with zero attached hydrogens (tertiary/aromatic N) is 2. The van der Waals surface area contributed by atoms with Crippen LogP contribution in [0.4, 0.5) is 0 Å². The lowest BCUT2D eigenvalue weighted by Crippen LogP contribution is -2.59. The lowest BCUT2D eigenvalue weighted by atomic mass is 10.0. The van der Waals surface area contributed by atoms with Crippen molar-refractivity contribution in [3.8, 4) is 0 Å². The van der Waals surface area contributed by atoms with Gasteiger partial charge in [0.2, 0.25) is 0 Å². The average Bonchev–Trinajstić information content (AvgIpc) is 2.28. The van der Waals surface area contributed by atoms with Crippen LogP contribution in [0, 0.1) is 0 Å². The van der Waals surface area contributed by atoms with Crippen molar-refractivity contribution in [2.24, 2.45) is 0 Å². The van der Waals surface area contributed by atoms with Crippen LogP contribution in [0.2, 0.25) is 0 Å². The third kappa shape index (κ3) is 3.77. The van der Waals surface area contributed by atoms with E-state index in [1.807, 2.05) is 12.3 Å².